The molecule has 0 aliphatic carbocycles. The van der Waals surface area contributed by atoms with Crippen molar-refractivity contribution >= 4 is 34.6 Å². The van der Waals surface area contributed by atoms with Gasteiger partial charge in [0.05, 0.1) is 10.6 Å². The van der Waals surface area contributed by atoms with Crippen LogP contribution in [0.1, 0.15) is 18.1 Å². The molecule has 27 heavy (non-hydrogen) atoms. The van der Waals surface area contributed by atoms with E-state index in [1.807, 2.05) is 62.4 Å². The van der Waals surface area contributed by atoms with Gasteiger partial charge in [0.15, 0.2) is 16.7 Å². The Balaban J connectivity index is 1.70. The number of aryl methyl sites for hydroxylation is 1. The van der Waals surface area contributed by atoms with Crippen molar-refractivity contribution in [3.8, 4) is 11.5 Å². The third-order valence-corrected chi connectivity index (χ3v) is 5.33. The molecule has 2 aromatic carbocycles. The van der Waals surface area contributed by atoms with E-state index in [1.165, 1.54) is 11.8 Å². The Morgan fingerprint density at radius 2 is 1.93 bits per heavy atom. The summed E-state index contributed by atoms with van der Waals surface area (Å²) in [5.74, 6) is 1.39. The number of aliphatic imine (C=N–C) groups is 1. The average molecular weight is 380 g/mol. The zero-order valence-electron chi connectivity index (χ0n) is 15.3. The molecule has 0 radical (unpaired) electrons. The van der Waals surface area contributed by atoms with Crippen molar-refractivity contribution in [3.05, 3.63) is 58.5 Å². The molecule has 5 nitrogen and oxygen atoms in total. The Labute approximate surface area is 162 Å². The molecule has 0 aromatic heterocycles. The van der Waals surface area contributed by atoms with E-state index < -0.39 is 0 Å². The highest BCUT2D eigenvalue weighted by atomic mass is 32.2. The lowest BCUT2D eigenvalue weighted by atomic mass is 10.1. The highest BCUT2D eigenvalue weighted by Crippen LogP contribution is 2.38. The van der Waals surface area contributed by atoms with E-state index >= 15 is 0 Å². The standard InChI is InChI=1S/C21H20N2O3S/c1-3-22-21-23(16-7-5-4-6-14(16)2)20(24)19(27-21)13-15-8-9-17-18(12-15)26-11-10-25-17/h4-9,12-13H,3,10-11H2,1-2H3/b19-13-,22-21-. The molecule has 0 atom stereocenters. The van der Waals surface area contributed by atoms with Crippen LogP contribution in [0, 0.1) is 6.92 Å². The zero-order valence-corrected chi connectivity index (χ0v) is 16.1. The normalized spacial score (nSPS) is 19.2. The average Bonchev–Trinajstić information content (AvgIpc) is 2.97. The number of amides is 1. The van der Waals surface area contributed by atoms with Crippen LogP contribution in [-0.2, 0) is 4.79 Å². The molecule has 2 aliphatic heterocycles. The first-order chi connectivity index (χ1) is 13.2. The van der Waals surface area contributed by atoms with Gasteiger partial charge in [0.2, 0.25) is 0 Å². The number of ether oxygens (including phenoxy) is 2. The van der Waals surface area contributed by atoms with E-state index in [-0.39, 0.29) is 5.91 Å². The molecule has 0 saturated carbocycles. The topological polar surface area (TPSA) is 51.1 Å². The van der Waals surface area contributed by atoms with E-state index in [0.717, 1.165) is 22.6 Å². The number of carbonyl (C=O) groups is 1. The Morgan fingerprint density at radius 1 is 1.15 bits per heavy atom. The maximum atomic E-state index is 13.1. The van der Waals surface area contributed by atoms with Gasteiger partial charge in [-0.1, -0.05) is 24.3 Å². The zero-order chi connectivity index (χ0) is 18.8. The number of anilines is 1. The quantitative estimate of drug-likeness (QED) is 0.747. The van der Waals surface area contributed by atoms with Crippen LogP contribution in [0.5, 0.6) is 11.5 Å². The highest BCUT2D eigenvalue weighted by Gasteiger charge is 2.35. The molecule has 2 heterocycles. The maximum Gasteiger partial charge on any atom is 0.271 e. The Hall–Kier alpha value is -2.73. The highest BCUT2D eigenvalue weighted by molar-refractivity contribution is 8.19. The Morgan fingerprint density at radius 3 is 2.70 bits per heavy atom. The van der Waals surface area contributed by atoms with Gasteiger partial charge in [-0.25, -0.2) is 0 Å². The van der Waals surface area contributed by atoms with Gasteiger partial charge in [0.25, 0.3) is 5.91 Å². The molecule has 0 spiro atoms. The summed E-state index contributed by atoms with van der Waals surface area (Å²) >= 11 is 1.40. The second-order valence-corrected chi connectivity index (χ2v) is 7.21. The molecule has 4 rings (SSSR count). The van der Waals surface area contributed by atoms with E-state index in [9.17, 15) is 4.79 Å². The van der Waals surface area contributed by atoms with Gasteiger partial charge in [-0.2, -0.15) is 0 Å². The lowest BCUT2D eigenvalue weighted by Crippen LogP contribution is -2.29. The summed E-state index contributed by atoms with van der Waals surface area (Å²) in [7, 11) is 0. The first-order valence-electron chi connectivity index (χ1n) is 8.91. The summed E-state index contributed by atoms with van der Waals surface area (Å²) in [6.07, 6.45) is 1.88. The van der Waals surface area contributed by atoms with Crippen LogP contribution in [0.2, 0.25) is 0 Å². The predicted octanol–water partition coefficient (Wildman–Crippen LogP) is 4.26. The maximum absolute atomic E-state index is 13.1. The van der Waals surface area contributed by atoms with E-state index in [4.69, 9.17) is 9.47 Å². The van der Waals surface area contributed by atoms with Crippen LogP contribution in [0.4, 0.5) is 5.69 Å². The van der Waals surface area contributed by atoms with Gasteiger partial charge >= 0.3 is 0 Å². The number of nitrogens with zero attached hydrogens (tertiary/aromatic N) is 2. The summed E-state index contributed by atoms with van der Waals surface area (Å²) in [5.41, 5.74) is 2.81. The summed E-state index contributed by atoms with van der Waals surface area (Å²) in [6, 6.07) is 13.6. The molecule has 0 bridgehead atoms. The van der Waals surface area contributed by atoms with Crippen LogP contribution in [0.15, 0.2) is 52.4 Å². The van der Waals surface area contributed by atoms with Crippen LogP contribution >= 0.6 is 11.8 Å². The minimum Gasteiger partial charge on any atom is -0.486 e. The van der Waals surface area contributed by atoms with Gasteiger partial charge in [-0.05, 0) is 61.0 Å². The number of hydrogen-bond acceptors (Lipinski definition) is 5. The molecular weight excluding hydrogens is 360 g/mol. The number of thioether (sulfide) groups is 1. The van der Waals surface area contributed by atoms with Crippen molar-refractivity contribution in [2.24, 2.45) is 4.99 Å². The number of hydrogen-bond donors (Lipinski definition) is 0. The third-order valence-electron chi connectivity index (χ3n) is 4.32. The first kappa shape index (κ1) is 17.7. The number of fused-ring (bicyclic) bond motifs is 1. The van der Waals surface area contributed by atoms with Crippen molar-refractivity contribution in [2.45, 2.75) is 13.8 Å². The number of amidine groups is 1. The lowest BCUT2D eigenvalue weighted by molar-refractivity contribution is -0.113. The minimum absolute atomic E-state index is 0.0589. The Bertz CT molecular complexity index is 952. The number of carbonyl (C=O) groups excluding carboxylic acids is 1. The summed E-state index contributed by atoms with van der Waals surface area (Å²) in [6.45, 7) is 5.68. The second kappa shape index (κ2) is 7.48. The van der Waals surface area contributed by atoms with Gasteiger partial charge in [0, 0.05) is 6.54 Å². The smallest absolute Gasteiger partial charge is 0.271 e. The molecule has 6 heteroatoms. The molecule has 2 aliphatic rings. The fourth-order valence-electron chi connectivity index (χ4n) is 3.04. The molecule has 1 amide bonds. The minimum atomic E-state index is -0.0589. The first-order valence-corrected chi connectivity index (χ1v) is 9.72. The monoisotopic (exact) mass is 380 g/mol. The molecule has 1 saturated heterocycles. The summed E-state index contributed by atoms with van der Waals surface area (Å²) in [5, 5.41) is 0.709. The number of rotatable bonds is 3. The van der Waals surface area contributed by atoms with E-state index in [1.54, 1.807) is 4.90 Å². The largest absolute Gasteiger partial charge is 0.486 e. The van der Waals surface area contributed by atoms with Crippen molar-refractivity contribution < 1.29 is 14.3 Å². The molecular formula is C21H20N2O3S. The van der Waals surface area contributed by atoms with Gasteiger partial charge in [0.1, 0.15) is 13.2 Å². The SMILES string of the molecule is CC/N=C1\S/C(=C\c2ccc3c(c2)OCCO3)C(=O)N1c1ccccc1C. The number of benzene rings is 2. The van der Waals surface area contributed by atoms with Crippen molar-refractivity contribution in [1.29, 1.82) is 0 Å². The van der Waals surface area contributed by atoms with Gasteiger partial charge in [-0.15, -0.1) is 0 Å². The summed E-state index contributed by atoms with van der Waals surface area (Å²) in [4.78, 5) is 20.0. The van der Waals surface area contributed by atoms with Gasteiger partial charge in [-0.3, -0.25) is 14.7 Å². The Kier molecular flexibility index (Phi) is 4.90. The second-order valence-electron chi connectivity index (χ2n) is 6.20. The van der Waals surface area contributed by atoms with Crippen LogP contribution in [-0.4, -0.2) is 30.8 Å². The van der Waals surface area contributed by atoms with Crippen molar-refractivity contribution in [2.75, 3.05) is 24.7 Å². The van der Waals surface area contributed by atoms with E-state index in [2.05, 4.69) is 4.99 Å². The van der Waals surface area contributed by atoms with Crippen LogP contribution in [0.25, 0.3) is 6.08 Å². The molecule has 0 N–H and O–H groups in total. The molecule has 0 unspecified atom stereocenters. The van der Waals surface area contributed by atoms with Crippen molar-refractivity contribution in [1.82, 2.24) is 0 Å². The van der Waals surface area contributed by atoms with Crippen LogP contribution < -0.4 is 14.4 Å². The molecule has 2 aromatic rings. The van der Waals surface area contributed by atoms with E-state index in [0.29, 0.717) is 35.6 Å². The fourth-order valence-corrected chi connectivity index (χ4v) is 4.08. The predicted molar refractivity (Wildman–Crippen MR) is 110 cm³/mol. The molecule has 138 valence electrons. The van der Waals surface area contributed by atoms with Gasteiger partial charge < -0.3 is 9.47 Å². The number of para-hydroxylation sites is 1. The fraction of sp³-hybridized carbons (Fsp3) is 0.238. The van der Waals surface area contributed by atoms with Crippen molar-refractivity contribution in [3.63, 3.8) is 0 Å². The molecule has 1 fully saturated rings. The lowest BCUT2D eigenvalue weighted by Gasteiger charge is -2.18. The summed E-state index contributed by atoms with van der Waals surface area (Å²) < 4.78 is 11.2. The van der Waals surface area contributed by atoms with Crippen LogP contribution in [0.3, 0.4) is 0 Å². The third kappa shape index (κ3) is 3.45.